The summed E-state index contributed by atoms with van der Waals surface area (Å²) in [5.74, 6) is -2.26. The molecule has 1 aromatic rings. The molecule has 3 N–H and O–H groups in total. The molecule has 2 amide bonds. The van der Waals surface area contributed by atoms with Crippen molar-refractivity contribution in [1.82, 2.24) is 5.32 Å². The summed E-state index contributed by atoms with van der Waals surface area (Å²) in [7, 11) is 0. The second-order valence-corrected chi connectivity index (χ2v) is 7.41. The van der Waals surface area contributed by atoms with Crippen molar-refractivity contribution in [1.29, 1.82) is 0 Å². The van der Waals surface area contributed by atoms with E-state index in [9.17, 15) is 18.4 Å². The third-order valence-corrected chi connectivity index (χ3v) is 5.63. The lowest BCUT2D eigenvalue weighted by atomic mass is 9.71. The van der Waals surface area contributed by atoms with Crippen LogP contribution in [0.25, 0.3) is 0 Å². The van der Waals surface area contributed by atoms with Gasteiger partial charge in [0.05, 0.1) is 0 Å². The van der Waals surface area contributed by atoms with Gasteiger partial charge in [-0.05, 0) is 43.4 Å². The Morgan fingerprint density at radius 2 is 1.85 bits per heavy atom. The van der Waals surface area contributed by atoms with Gasteiger partial charge >= 0.3 is 0 Å². The highest BCUT2D eigenvalue weighted by Crippen LogP contribution is 2.38. The minimum atomic E-state index is -0.783. The highest BCUT2D eigenvalue weighted by molar-refractivity contribution is 6.01. The van der Waals surface area contributed by atoms with E-state index in [0.29, 0.717) is 19.4 Å². The molecular formula is C19H26ClF2N3O2. The standard InChI is InChI=1S/C19H25F2N3O2.ClH/c20-13-5-4-6-14(21)17(13)24-10-7-15(18(24)26)23-16(25)11-19(12-22)8-2-1-3-9-19;/h4-6,15H,1-3,7-12,22H2,(H,23,25);1H. The quantitative estimate of drug-likeness (QED) is 0.796. The smallest absolute Gasteiger partial charge is 0.249 e. The van der Waals surface area contributed by atoms with Gasteiger partial charge in [-0.3, -0.25) is 9.59 Å². The molecule has 0 radical (unpaired) electrons. The lowest BCUT2D eigenvalue weighted by Gasteiger charge is -2.35. The van der Waals surface area contributed by atoms with Crippen LogP contribution in [0.2, 0.25) is 0 Å². The SMILES string of the molecule is Cl.NCC1(CC(=O)NC2CCN(c3c(F)cccc3F)C2=O)CCCCC1. The predicted octanol–water partition coefficient (Wildman–Crippen LogP) is 2.91. The van der Waals surface area contributed by atoms with Gasteiger partial charge < -0.3 is 16.0 Å². The van der Waals surface area contributed by atoms with Crippen LogP contribution in [0, 0.1) is 17.0 Å². The number of rotatable bonds is 5. The van der Waals surface area contributed by atoms with Crippen LogP contribution < -0.4 is 16.0 Å². The highest BCUT2D eigenvalue weighted by atomic mass is 35.5. The maximum atomic E-state index is 13.9. The molecular weight excluding hydrogens is 376 g/mol. The number of carbonyl (C=O) groups is 2. The van der Waals surface area contributed by atoms with Gasteiger partial charge in [-0.15, -0.1) is 12.4 Å². The maximum Gasteiger partial charge on any atom is 0.249 e. The van der Waals surface area contributed by atoms with Crippen molar-refractivity contribution in [3.8, 4) is 0 Å². The van der Waals surface area contributed by atoms with E-state index in [4.69, 9.17) is 5.73 Å². The Kier molecular flexibility index (Phi) is 7.17. The van der Waals surface area contributed by atoms with Crippen LogP contribution in [-0.2, 0) is 9.59 Å². The van der Waals surface area contributed by atoms with E-state index in [2.05, 4.69) is 5.32 Å². The fourth-order valence-corrected chi connectivity index (χ4v) is 4.12. The Labute approximate surface area is 164 Å². The lowest BCUT2D eigenvalue weighted by molar-refractivity contribution is -0.128. The zero-order chi connectivity index (χ0) is 18.7. The molecule has 0 aromatic heterocycles. The first-order chi connectivity index (χ1) is 12.5. The minimum absolute atomic E-state index is 0. The van der Waals surface area contributed by atoms with Crippen LogP contribution in [0.1, 0.15) is 44.9 Å². The van der Waals surface area contributed by atoms with E-state index in [1.807, 2.05) is 0 Å². The third-order valence-electron chi connectivity index (χ3n) is 5.63. The molecule has 150 valence electrons. The van der Waals surface area contributed by atoms with Gasteiger partial charge in [-0.2, -0.15) is 0 Å². The summed E-state index contributed by atoms with van der Waals surface area (Å²) in [5, 5.41) is 2.74. The topological polar surface area (TPSA) is 75.4 Å². The van der Waals surface area contributed by atoms with Crippen LogP contribution >= 0.6 is 12.4 Å². The van der Waals surface area contributed by atoms with Crippen molar-refractivity contribution < 1.29 is 18.4 Å². The molecule has 1 atom stereocenters. The van der Waals surface area contributed by atoms with Crippen molar-refractivity contribution in [2.24, 2.45) is 11.1 Å². The average molecular weight is 402 g/mol. The number of amides is 2. The molecule has 3 rings (SSSR count). The van der Waals surface area contributed by atoms with Crippen molar-refractivity contribution in [3.63, 3.8) is 0 Å². The zero-order valence-corrected chi connectivity index (χ0v) is 16.0. The molecule has 8 heteroatoms. The Morgan fingerprint density at radius 1 is 1.22 bits per heavy atom. The molecule has 1 saturated carbocycles. The molecule has 1 unspecified atom stereocenters. The first-order valence-electron chi connectivity index (χ1n) is 9.21. The van der Waals surface area contributed by atoms with Crippen LogP contribution in [0.4, 0.5) is 14.5 Å². The molecule has 2 fully saturated rings. The highest BCUT2D eigenvalue weighted by Gasteiger charge is 2.38. The summed E-state index contributed by atoms with van der Waals surface area (Å²) in [4.78, 5) is 26.1. The molecule has 1 aliphatic carbocycles. The summed E-state index contributed by atoms with van der Waals surface area (Å²) in [5.41, 5.74) is 5.37. The zero-order valence-electron chi connectivity index (χ0n) is 15.2. The summed E-state index contributed by atoms with van der Waals surface area (Å²) >= 11 is 0. The first kappa shape index (κ1) is 21.6. The van der Waals surface area contributed by atoms with Gasteiger partial charge in [-0.25, -0.2) is 8.78 Å². The number of carbonyl (C=O) groups excluding carboxylic acids is 2. The Bertz CT molecular complexity index is 675. The van der Waals surface area contributed by atoms with Crippen molar-refractivity contribution in [2.75, 3.05) is 18.0 Å². The molecule has 0 bridgehead atoms. The summed E-state index contributed by atoms with van der Waals surface area (Å²) in [6.45, 7) is 0.620. The van der Waals surface area contributed by atoms with Gasteiger partial charge in [0.25, 0.3) is 0 Å². The van der Waals surface area contributed by atoms with Gasteiger partial charge in [0.2, 0.25) is 11.8 Å². The first-order valence-corrected chi connectivity index (χ1v) is 9.21. The van der Waals surface area contributed by atoms with Crippen LogP contribution in [0.15, 0.2) is 18.2 Å². The lowest BCUT2D eigenvalue weighted by Crippen LogP contribution is -2.45. The molecule has 2 aliphatic rings. The fraction of sp³-hybridized carbons (Fsp3) is 0.579. The van der Waals surface area contributed by atoms with Gasteiger partial charge in [-0.1, -0.05) is 25.3 Å². The average Bonchev–Trinajstić information content (AvgIpc) is 2.96. The Morgan fingerprint density at radius 3 is 2.44 bits per heavy atom. The Balaban J connectivity index is 0.00000261. The van der Waals surface area contributed by atoms with E-state index in [1.165, 1.54) is 6.07 Å². The number of anilines is 1. The number of hydrogen-bond donors (Lipinski definition) is 2. The molecule has 1 aliphatic heterocycles. The molecule has 1 saturated heterocycles. The van der Waals surface area contributed by atoms with E-state index < -0.39 is 23.6 Å². The number of para-hydroxylation sites is 1. The van der Waals surface area contributed by atoms with Gasteiger partial charge in [0, 0.05) is 13.0 Å². The molecule has 1 aromatic carbocycles. The van der Waals surface area contributed by atoms with Crippen molar-refractivity contribution in [3.05, 3.63) is 29.8 Å². The second-order valence-electron chi connectivity index (χ2n) is 7.41. The van der Waals surface area contributed by atoms with Gasteiger partial charge in [0.1, 0.15) is 23.4 Å². The second kappa shape index (κ2) is 8.97. The molecule has 27 heavy (non-hydrogen) atoms. The molecule has 0 spiro atoms. The summed E-state index contributed by atoms with van der Waals surface area (Å²) < 4.78 is 27.9. The number of nitrogens with one attached hydrogen (secondary N) is 1. The number of hydrogen-bond acceptors (Lipinski definition) is 3. The van der Waals surface area contributed by atoms with Crippen LogP contribution in [0.5, 0.6) is 0 Å². The predicted molar refractivity (Wildman–Crippen MR) is 102 cm³/mol. The van der Waals surface area contributed by atoms with E-state index >= 15 is 0 Å². The van der Waals surface area contributed by atoms with Gasteiger partial charge in [0.15, 0.2) is 0 Å². The van der Waals surface area contributed by atoms with Crippen LogP contribution in [-0.4, -0.2) is 30.9 Å². The maximum absolute atomic E-state index is 13.9. The van der Waals surface area contributed by atoms with Crippen molar-refractivity contribution in [2.45, 2.75) is 51.0 Å². The number of halogens is 3. The van der Waals surface area contributed by atoms with Crippen molar-refractivity contribution >= 4 is 29.9 Å². The third kappa shape index (κ3) is 4.58. The summed E-state index contributed by atoms with van der Waals surface area (Å²) in [6, 6.07) is 2.74. The normalized spacial score (nSPS) is 21.7. The molecule has 1 heterocycles. The van der Waals surface area contributed by atoms with E-state index in [-0.39, 0.29) is 36.0 Å². The van der Waals surface area contributed by atoms with E-state index in [1.54, 1.807) is 0 Å². The fourth-order valence-electron chi connectivity index (χ4n) is 4.12. The number of benzene rings is 1. The monoisotopic (exact) mass is 401 g/mol. The van der Waals surface area contributed by atoms with Crippen LogP contribution in [0.3, 0.4) is 0 Å². The van der Waals surface area contributed by atoms with E-state index in [0.717, 1.165) is 49.1 Å². The Hall–Kier alpha value is -1.73. The number of nitrogens with zero attached hydrogens (tertiary/aromatic N) is 1. The summed E-state index contributed by atoms with van der Waals surface area (Å²) in [6.07, 6.45) is 5.74. The molecule has 5 nitrogen and oxygen atoms in total. The minimum Gasteiger partial charge on any atom is -0.344 e. The number of nitrogens with two attached hydrogens (primary N) is 1. The largest absolute Gasteiger partial charge is 0.344 e.